The first kappa shape index (κ1) is 13.3. The third-order valence-corrected chi connectivity index (χ3v) is 4.45. The van der Waals surface area contributed by atoms with E-state index in [0.29, 0.717) is 35.6 Å². The van der Waals surface area contributed by atoms with Gasteiger partial charge in [-0.2, -0.15) is 0 Å². The maximum atomic E-state index is 12.9. The lowest BCUT2D eigenvalue weighted by molar-refractivity contribution is 0.0296. The first-order valence-corrected chi connectivity index (χ1v) is 7.60. The van der Waals surface area contributed by atoms with Gasteiger partial charge < -0.3 is 9.84 Å². The fourth-order valence-corrected chi connectivity index (χ4v) is 3.40. The number of fused-ring (bicyclic) bond motifs is 5. The summed E-state index contributed by atoms with van der Waals surface area (Å²) in [5.74, 6) is 0.472. The summed E-state index contributed by atoms with van der Waals surface area (Å²) < 4.78 is 5.80. The molecule has 2 aromatic rings. The Bertz CT molecular complexity index is 743. The molecule has 112 valence electrons. The maximum absolute atomic E-state index is 12.9. The molecule has 4 rings (SSSR count). The Hall–Kier alpha value is -2.33. The van der Waals surface area contributed by atoms with Gasteiger partial charge in [0.05, 0.1) is 12.3 Å². The van der Waals surface area contributed by atoms with E-state index in [-0.39, 0.29) is 5.91 Å². The largest absolute Gasteiger partial charge is 0.491 e. The van der Waals surface area contributed by atoms with Gasteiger partial charge in [0, 0.05) is 17.5 Å². The molecule has 4 nitrogen and oxygen atoms in total. The van der Waals surface area contributed by atoms with Crippen LogP contribution >= 0.6 is 0 Å². The summed E-state index contributed by atoms with van der Waals surface area (Å²) >= 11 is 0. The van der Waals surface area contributed by atoms with Gasteiger partial charge in [0.15, 0.2) is 5.72 Å². The molecule has 0 saturated heterocycles. The molecule has 0 aliphatic carbocycles. The van der Waals surface area contributed by atoms with Crippen LogP contribution in [0.25, 0.3) is 0 Å². The second kappa shape index (κ2) is 4.85. The van der Waals surface area contributed by atoms with Gasteiger partial charge in [-0.15, -0.1) is 0 Å². The van der Waals surface area contributed by atoms with Gasteiger partial charge in [-0.3, -0.25) is 9.69 Å². The molecule has 0 fully saturated rings. The standard InChI is InChI=1S/C18H17NO3/c20-17-13-7-1-2-8-14(13)18(21)11-5-6-12-22-16-10-4-3-9-15(16)19(17)18/h1-4,7-10,21H,5-6,11-12H2. The fraction of sp³-hybridized carbons (Fsp3) is 0.278. The third-order valence-electron chi connectivity index (χ3n) is 4.45. The molecule has 0 radical (unpaired) electrons. The van der Waals surface area contributed by atoms with Gasteiger partial charge in [-0.05, 0) is 31.0 Å². The minimum atomic E-state index is -1.29. The van der Waals surface area contributed by atoms with Gasteiger partial charge >= 0.3 is 0 Å². The average Bonchev–Trinajstić information content (AvgIpc) is 2.80. The molecule has 1 atom stereocenters. The molecular weight excluding hydrogens is 278 g/mol. The monoisotopic (exact) mass is 295 g/mol. The summed E-state index contributed by atoms with van der Waals surface area (Å²) in [6, 6.07) is 14.7. The number of ether oxygens (including phenoxy) is 1. The Morgan fingerprint density at radius 2 is 1.82 bits per heavy atom. The number of rotatable bonds is 0. The quantitative estimate of drug-likeness (QED) is 0.812. The number of amides is 1. The molecule has 1 unspecified atom stereocenters. The van der Waals surface area contributed by atoms with Crippen LogP contribution in [0.3, 0.4) is 0 Å². The van der Waals surface area contributed by atoms with Crippen molar-refractivity contribution in [2.45, 2.75) is 25.0 Å². The van der Waals surface area contributed by atoms with Gasteiger partial charge in [0.2, 0.25) is 0 Å². The van der Waals surface area contributed by atoms with Crippen LogP contribution < -0.4 is 9.64 Å². The van der Waals surface area contributed by atoms with E-state index in [1.165, 1.54) is 4.90 Å². The van der Waals surface area contributed by atoms with Crippen LogP contribution in [0.15, 0.2) is 48.5 Å². The molecule has 1 N–H and O–H groups in total. The summed E-state index contributed by atoms with van der Waals surface area (Å²) in [6.07, 6.45) is 2.15. The first-order chi connectivity index (χ1) is 10.7. The van der Waals surface area contributed by atoms with Crippen molar-refractivity contribution in [2.75, 3.05) is 11.5 Å². The molecule has 2 heterocycles. The molecule has 0 spiro atoms. The van der Waals surface area contributed by atoms with Crippen molar-refractivity contribution in [3.05, 3.63) is 59.7 Å². The van der Waals surface area contributed by atoms with E-state index >= 15 is 0 Å². The predicted octanol–water partition coefficient (Wildman–Crippen LogP) is 3.05. The van der Waals surface area contributed by atoms with Gasteiger partial charge in [-0.25, -0.2) is 0 Å². The smallest absolute Gasteiger partial charge is 0.261 e. The number of carbonyl (C=O) groups is 1. The van der Waals surface area contributed by atoms with Crippen LogP contribution in [0.5, 0.6) is 5.75 Å². The molecule has 2 aliphatic rings. The van der Waals surface area contributed by atoms with Crippen molar-refractivity contribution in [1.29, 1.82) is 0 Å². The summed E-state index contributed by atoms with van der Waals surface area (Å²) in [4.78, 5) is 14.4. The van der Waals surface area contributed by atoms with E-state index in [2.05, 4.69) is 0 Å². The number of para-hydroxylation sites is 2. The van der Waals surface area contributed by atoms with Crippen molar-refractivity contribution < 1.29 is 14.6 Å². The minimum absolute atomic E-state index is 0.170. The van der Waals surface area contributed by atoms with E-state index in [0.717, 1.165) is 12.8 Å². The topological polar surface area (TPSA) is 49.8 Å². The van der Waals surface area contributed by atoms with Crippen molar-refractivity contribution in [1.82, 2.24) is 0 Å². The van der Waals surface area contributed by atoms with Crippen LogP contribution in [0.4, 0.5) is 5.69 Å². The summed E-state index contributed by atoms with van der Waals surface area (Å²) in [5, 5.41) is 11.4. The zero-order chi connectivity index (χ0) is 15.2. The molecule has 22 heavy (non-hydrogen) atoms. The predicted molar refractivity (Wildman–Crippen MR) is 82.9 cm³/mol. The molecule has 2 aliphatic heterocycles. The fourth-order valence-electron chi connectivity index (χ4n) is 3.40. The van der Waals surface area contributed by atoms with Crippen LogP contribution in [0, 0.1) is 0 Å². The normalized spacial score (nSPS) is 23.5. The Kier molecular flexibility index (Phi) is 2.94. The van der Waals surface area contributed by atoms with Crippen LogP contribution in [-0.2, 0) is 5.72 Å². The summed E-state index contributed by atoms with van der Waals surface area (Å²) in [7, 11) is 0. The molecular formula is C18H17NO3. The van der Waals surface area contributed by atoms with Gasteiger partial charge in [0.25, 0.3) is 5.91 Å². The van der Waals surface area contributed by atoms with Crippen LogP contribution in [-0.4, -0.2) is 17.6 Å². The Morgan fingerprint density at radius 3 is 2.73 bits per heavy atom. The average molecular weight is 295 g/mol. The minimum Gasteiger partial charge on any atom is -0.491 e. The van der Waals surface area contributed by atoms with Crippen molar-refractivity contribution in [3.8, 4) is 5.75 Å². The highest BCUT2D eigenvalue weighted by molar-refractivity contribution is 6.12. The summed E-state index contributed by atoms with van der Waals surface area (Å²) in [6.45, 7) is 0.594. The van der Waals surface area contributed by atoms with Crippen LogP contribution in [0.2, 0.25) is 0 Å². The maximum Gasteiger partial charge on any atom is 0.261 e. The lowest BCUT2D eigenvalue weighted by Gasteiger charge is -2.34. The molecule has 4 heteroatoms. The third kappa shape index (κ3) is 1.77. The number of aliphatic hydroxyl groups is 1. The number of hydrogen-bond donors (Lipinski definition) is 1. The van der Waals surface area contributed by atoms with Gasteiger partial charge in [-0.1, -0.05) is 30.3 Å². The van der Waals surface area contributed by atoms with E-state index in [1.54, 1.807) is 6.07 Å². The van der Waals surface area contributed by atoms with E-state index in [9.17, 15) is 9.90 Å². The van der Waals surface area contributed by atoms with E-state index in [1.807, 2.05) is 42.5 Å². The highest BCUT2D eigenvalue weighted by Crippen LogP contribution is 2.46. The summed E-state index contributed by atoms with van der Waals surface area (Å²) in [5.41, 5.74) is 0.600. The number of benzene rings is 2. The molecule has 0 bridgehead atoms. The van der Waals surface area contributed by atoms with Crippen molar-refractivity contribution in [2.24, 2.45) is 0 Å². The highest BCUT2D eigenvalue weighted by Gasteiger charge is 2.49. The Balaban J connectivity index is 1.96. The van der Waals surface area contributed by atoms with Crippen molar-refractivity contribution in [3.63, 3.8) is 0 Å². The first-order valence-electron chi connectivity index (χ1n) is 7.60. The second-order valence-corrected chi connectivity index (χ2v) is 5.78. The highest BCUT2D eigenvalue weighted by atomic mass is 16.5. The van der Waals surface area contributed by atoms with E-state index < -0.39 is 5.72 Å². The zero-order valence-corrected chi connectivity index (χ0v) is 12.2. The Morgan fingerprint density at radius 1 is 1.05 bits per heavy atom. The lowest BCUT2D eigenvalue weighted by Crippen LogP contribution is -2.44. The Labute approximate surface area is 128 Å². The number of carbonyl (C=O) groups excluding carboxylic acids is 1. The molecule has 0 saturated carbocycles. The molecule has 0 aromatic heterocycles. The van der Waals surface area contributed by atoms with Gasteiger partial charge in [0.1, 0.15) is 5.75 Å². The number of hydrogen-bond acceptors (Lipinski definition) is 3. The number of anilines is 1. The zero-order valence-electron chi connectivity index (χ0n) is 12.2. The molecule has 2 aromatic carbocycles. The molecule has 1 amide bonds. The van der Waals surface area contributed by atoms with E-state index in [4.69, 9.17) is 4.74 Å². The lowest BCUT2D eigenvalue weighted by atomic mass is 9.96. The van der Waals surface area contributed by atoms with Crippen LogP contribution in [0.1, 0.15) is 35.2 Å². The second-order valence-electron chi connectivity index (χ2n) is 5.78. The number of nitrogens with zero attached hydrogens (tertiary/aromatic N) is 1. The van der Waals surface area contributed by atoms with Crippen molar-refractivity contribution >= 4 is 11.6 Å². The SMILES string of the molecule is O=C1c2ccccc2C2(O)CCCCOc3ccccc3N12.